The van der Waals surface area contributed by atoms with Crippen molar-refractivity contribution in [2.75, 3.05) is 14.2 Å². The first-order chi connectivity index (χ1) is 13.5. The van der Waals surface area contributed by atoms with E-state index in [2.05, 4.69) is 11.9 Å². The molecule has 146 valence electrons. The third kappa shape index (κ3) is 3.20. The molecule has 0 aliphatic heterocycles. The summed E-state index contributed by atoms with van der Waals surface area (Å²) in [5.74, 6) is 1.45. The van der Waals surface area contributed by atoms with Crippen molar-refractivity contribution in [1.29, 1.82) is 0 Å². The van der Waals surface area contributed by atoms with Crippen molar-refractivity contribution in [3.05, 3.63) is 50.9 Å². The minimum Gasteiger partial charge on any atom is -0.497 e. The maximum absolute atomic E-state index is 13.1. The molecule has 1 aliphatic rings. The molecule has 0 amide bonds. The van der Waals surface area contributed by atoms with Gasteiger partial charge < -0.3 is 9.47 Å². The van der Waals surface area contributed by atoms with Gasteiger partial charge in [0, 0.05) is 10.9 Å². The van der Waals surface area contributed by atoms with Crippen LogP contribution in [-0.4, -0.2) is 29.6 Å². The van der Waals surface area contributed by atoms with E-state index >= 15 is 0 Å². The fraction of sp³-hybridized carbons (Fsp3) is 0.381. The number of nitrogens with zero attached hydrogens (tertiary/aromatic N) is 2. The minimum absolute atomic E-state index is 0.0779. The molecule has 2 heterocycles. The van der Waals surface area contributed by atoms with Crippen molar-refractivity contribution in [1.82, 2.24) is 9.55 Å². The van der Waals surface area contributed by atoms with Crippen LogP contribution in [0.25, 0.3) is 10.2 Å². The lowest BCUT2D eigenvalue weighted by Gasteiger charge is -2.17. The largest absolute Gasteiger partial charge is 0.497 e. The zero-order valence-corrected chi connectivity index (χ0v) is 17.0. The number of aryl methyl sites for hydroxylation is 1. The molecule has 1 aromatic carbocycles. The third-order valence-corrected chi connectivity index (χ3v) is 6.47. The number of rotatable bonds is 5. The molecule has 7 heteroatoms. The summed E-state index contributed by atoms with van der Waals surface area (Å²) in [6.07, 6.45) is 4.45. The predicted octanol–water partition coefficient (Wildman–Crippen LogP) is 3.48. The van der Waals surface area contributed by atoms with Gasteiger partial charge in [-0.15, -0.1) is 11.3 Å². The van der Waals surface area contributed by atoms with E-state index in [0.717, 1.165) is 29.7 Å². The van der Waals surface area contributed by atoms with Gasteiger partial charge in [-0.2, -0.15) is 0 Å². The minimum atomic E-state index is -0.208. The highest BCUT2D eigenvalue weighted by atomic mass is 32.1. The summed E-state index contributed by atoms with van der Waals surface area (Å²) in [5, 5.41) is 0.684. The van der Waals surface area contributed by atoms with Crippen LogP contribution in [0.1, 0.15) is 34.1 Å². The van der Waals surface area contributed by atoms with Crippen LogP contribution in [0, 0.1) is 5.92 Å². The molecule has 0 saturated carbocycles. The molecule has 1 aliphatic carbocycles. The second kappa shape index (κ2) is 7.39. The number of thiophene rings is 1. The quantitative estimate of drug-likeness (QED) is 0.616. The monoisotopic (exact) mass is 398 g/mol. The maximum atomic E-state index is 13.1. The van der Waals surface area contributed by atoms with Gasteiger partial charge in [-0.25, -0.2) is 4.98 Å². The smallest absolute Gasteiger partial charge is 0.262 e. The van der Waals surface area contributed by atoms with Gasteiger partial charge in [-0.05, 0) is 42.9 Å². The van der Waals surface area contributed by atoms with Crippen LogP contribution in [0.15, 0.2) is 29.3 Å². The maximum Gasteiger partial charge on any atom is 0.262 e. The Bertz CT molecular complexity index is 1120. The summed E-state index contributed by atoms with van der Waals surface area (Å²) in [5.41, 5.74) is 1.40. The number of benzene rings is 1. The molecular formula is C21H22N2O4S. The average Bonchev–Trinajstić information content (AvgIpc) is 3.07. The SMILES string of the molecule is COc1ccc(C(=O)Cn2cnc3sc4c(c3c2=O)CCC(C)C4)c(OC)c1. The van der Waals surface area contributed by atoms with E-state index in [1.807, 2.05) is 0 Å². The van der Waals surface area contributed by atoms with Crippen LogP contribution in [0.4, 0.5) is 0 Å². The Morgan fingerprint density at radius 2 is 2.14 bits per heavy atom. The molecule has 28 heavy (non-hydrogen) atoms. The molecule has 1 atom stereocenters. The van der Waals surface area contributed by atoms with Gasteiger partial charge in [0.2, 0.25) is 0 Å². The van der Waals surface area contributed by atoms with E-state index in [-0.39, 0.29) is 17.9 Å². The summed E-state index contributed by atoms with van der Waals surface area (Å²) < 4.78 is 11.9. The number of hydrogen-bond acceptors (Lipinski definition) is 6. The average molecular weight is 398 g/mol. The van der Waals surface area contributed by atoms with Gasteiger partial charge in [0.1, 0.15) is 16.3 Å². The number of fused-ring (bicyclic) bond motifs is 3. The lowest BCUT2D eigenvalue weighted by Crippen LogP contribution is -2.25. The molecule has 0 spiro atoms. The van der Waals surface area contributed by atoms with Gasteiger partial charge in [0.15, 0.2) is 5.78 Å². The molecule has 0 bridgehead atoms. The lowest BCUT2D eigenvalue weighted by atomic mass is 9.89. The Morgan fingerprint density at radius 1 is 1.32 bits per heavy atom. The van der Waals surface area contributed by atoms with Gasteiger partial charge in [0.25, 0.3) is 5.56 Å². The number of hydrogen-bond donors (Lipinski definition) is 0. The first kappa shape index (κ1) is 18.7. The van der Waals surface area contributed by atoms with Crippen molar-refractivity contribution in [2.24, 2.45) is 5.92 Å². The molecule has 3 aromatic rings. The van der Waals surface area contributed by atoms with E-state index in [1.54, 1.807) is 36.6 Å². The first-order valence-corrected chi connectivity index (χ1v) is 10.1. The van der Waals surface area contributed by atoms with Gasteiger partial charge in [0.05, 0.1) is 38.0 Å². The zero-order chi connectivity index (χ0) is 19.8. The Hall–Kier alpha value is -2.67. The van der Waals surface area contributed by atoms with Gasteiger partial charge in [-0.3, -0.25) is 14.2 Å². The third-order valence-electron chi connectivity index (χ3n) is 5.31. The number of carbonyl (C=O) groups is 1. The van der Waals surface area contributed by atoms with Crippen LogP contribution < -0.4 is 15.0 Å². The van der Waals surface area contributed by atoms with Crippen LogP contribution in [0.3, 0.4) is 0 Å². The number of carbonyl (C=O) groups excluding carboxylic acids is 1. The number of methoxy groups -OCH3 is 2. The molecule has 0 saturated heterocycles. The van der Waals surface area contributed by atoms with E-state index < -0.39 is 0 Å². The topological polar surface area (TPSA) is 70.4 Å². The number of aromatic nitrogens is 2. The standard InChI is InChI=1S/C21H22N2O4S/c1-12-4-6-15-18(8-12)28-20-19(15)21(25)23(11-22-20)10-16(24)14-7-5-13(26-2)9-17(14)27-3/h5,7,9,11-12H,4,6,8,10H2,1-3H3. The zero-order valence-electron chi connectivity index (χ0n) is 16.2. The number of ether oxygens (including phenoxy) is 2. The summed E-state index contributed by atoms with van der Waals surface area (Å²) in [7, 11) is 3.06. The highest BCUT2D eigenvalue weighted by Crippen LogP contribution is 2.35. The fourth-order valence-corrected chi connectivity index (χ4v) is 5.09. The van der Waals surface area contributed by atoms with Crippen molar-refractivity contribution in [2.45, 2.75) is 32.7 Å². The molecule has 1 unspecified atom stereocenters. The van der Waals surface area contributed by atoms with Crippen LogP contribution in [0.5, 0.6) is 11.5 Å². The van der Waals surface area contributed by atoms with Crippen LogP contribution in [0.2, 0.25) is 0 Å². The van der Waals surface area contributed by atoms with Crippen molar-refractivity contribution < 1.29 is 14.3 Å². The van der Waals surface area contributed by atoms with E-state index in [0.29, 0.717) is 28.4 Å². The second-order valence-electron chi connectivity index (χ2n) is 7.20. The Kier molecular flexibility index (Phi) is 4.93. The fourth-order valence-electron chi connectivity index (χ4n) is 3.75. The molecule has 0 N–H and O–H groups in total. The highest BCUT2D eigenvalue weighted by Gasteiger charge is 2.24. The molecule has 6 nitrogen and oxygen atoms in total. The second-order valence-corrected chi connectivity index (χ2v) is 8.28. The summed E-state index contributed by atoms with van der Waals surface area (Å²) in [6, 6.07) is 5.02. The molecule has 2 aromatic heterocycles. The Balaban J connectivity index is 1.70. The molecule has 0 radical (unpaired) electrons. The predicted molar refractivity (Wildman–Crippen MR) is 109 cm³/mol. The molecular weight excluding hydrogens is 376 g/mol. The van der Waals surface area contributed by atoms with E-state index in [1.165, 1.54) is 22.9 Å². The summed E-state index contributed by atoms with van der Waals surface area (Å²) >= 11 is 1.61. The normalized spacial score (nSPS) is 16.0. The van der Waals surface area contributed by atoms with E-state index in [4.69, 9.17) is 9.47 Å². The lowest BCUT2D eigenvalue weighted by molar-refractivity contribution is 0.0967. The van der Waals surface area contributed by atoms with Crippen molar-refractivity contribution in [3.63, 3.8) is 0 Å². The Labute approximate surface area is 166 Å². The van der Waals surface area contributed by atoms with E-state index in [9.17, 15) is 9.59 Å². The van der Waals surface area contributed by atoms with Gasteiger partial charge in [-0.1, -0.05) is 6.92 Å². The number of ketones is 1. The summed E-state index contributed by atoms with van der Waals surface area (Å²) in [6.45, 7) is 2.16. The van der Waals surface area contributed by atoms with Gasteiger partial charge >= 0.3 is 0 Å². The van der Waals surface area contributed by atoms with Crippen molar-refractivity contribution >= 4 is 27.3 Å². The summed E-state index contributed by atoms with van der Waals surface area (Å²) in [4.78, 5) is 32.4. The first-order valence-electron chi connectivity index (χ1n) is 9.26. The Morgan fingerprint density at radius 3 is 2.89 bits per heavy atom. The molecule has 4 rings (SSSR count). The van der Waals surface area contributed by atoms with Crippen LogP contribution in [-0.2, 0) is 19.4 Å². The van der Waals surface area contributed by atoms with Crippen LogP contribution >= 0.6 is 11.3 Å². The highest BCUT2D eigenvalue weighted by molar-refractivity contribution is 7.18. The van der Waals surface area contributed by atoms with Crippen molar-refractivity contribution in [3.8, 4) is 11.5 Å². The molecule has 0 fully saturated rings. The number of Topliss-reactive ketones (excluding diaryl/α,β-unsaturated/α-hetero) is 1.